The molecule has 1 fully saturated rings. The molecule has 0 bridgehead atoms. The van der Waals surface area contributed by atoms with Crippen LogP contribution in [-0.4, -0.2) is 36.8 Å². The van der Waals surface area contributed by atoms with E-state index in [2.05, 4.69) is 0 Å². The number of benzene rings is 1. The lowest BCUT2D eigenvalue weighted by atomic mass is 10.1. The molecule has 0 N–H and O–H groups in total. The zero-order valence-corrected chi connectivity index (χ0v) is 12.6. The van der Waals surface area contributed by atoms with Crippen molar-refractivity contribution in [3.8, 4) is 0 Å². The van der Waals surface area contributed by atoms with Crippen LogP contribution in [0, 0.1) is 0 Å². The van der Waals surface area contributed by atoms with E-state index in [-0.39, 0.29) is 17.6 Å². The van der Waals surface area contributed by atoms with Crippen LogP contribution in [-0.2, 0) is 21.2 Å². The first-order chi connectivity index (χ1) is 9.49. The minimum Gasteiger partial charge on any atom is -0.300 e. The summed E-state index contributed by atoms with van der Waals surface area (Å²) in [6.45, 7) is 2.07. The van der Waals surface area contributed by atoms with E-state index < -0.39 is 10.0 Å². The second kappa shape index (κ2) is 6.50. The average molecular weight is 295 g/mol. The molecule has 0 radical (unpaired) electrons. The summed E-state index contributed by atoms with van der Waals surface area (Å²) in [5, 5.41) is 0. The summed E-state index contributed by atoms with van der Waals surface area (Å²) < 4.78 is 26.4. The van der Waals surface area contributed by atoms with Gasteiger partial charge < -0.3 is 0 Å². The van der Waals surface area contributed by atoms with E-state index in [9.17, 15) is 13.2 Å². The number of ketones is 1. The maximum absolute atomic E-state index is 12.4. The molecule has 0 saturated carbocycles. The number of hydrogen-bond acceptors (Lipinski definition) is 3. The Morgan fingerprint density at radius 3 is 2.65 bits per heavy atom. The smallest absolute Gasteiger partial charge is 0.214 e. The van der Waals surface area contributed by atoms with E-state index in [1.807, 2.05) is 30.3 Å². The molecule has 4 nitrogen and oxygen atoms in total. The maximum atomic E-state index is 12.4. The Morgan fingerprint density at radius 1 is 1.30 bits per heavy atom. The van der Waals surface area contributed by atoms with E-state index in [1.165, 1.54) is 11.2 Å². The second-order valence-electron chi connectivity index (χ2n) is 5.36. The van der Waals surface area contributed by atoms with Crippen LogP contribution in [0.4, 0.5) is 0 Å². The molecule has 20 heavy (non-hydrogen) atoms. The SMILES string of the molecule is CC(=O)CC1CCCN1S(=O)(=O)CCc1ccccc1. The highest BCUT2D eigenvalue weighted by Gasteiger charge is 2.34. The summed E-state index contributed by atoms with van der Waals surface area (Å²) in [6, 6.07) is 9.49. The molecule has 1 heterocycles. The van der Waals surface area contributed by atoms with Crippen LogP contribution in [0.15, 0.2) is 30.3 Å². The monoisotopic (exact) mass is 295 g/mol. The molecule has 110 valence electrons. The van der Waals surface area contributed by atoms with Crippen molar-refractivity contribution in [3.63, 3.8) is 0 Å². The van der Waals surface area contributed by atoms with Crippen LogP contribution >= 0.6 is 0 Å². The fourth-order valence-corrected chi connectivity index (χ4v) is 4.49. The molecule has 5 heteroatoms. The number of Topliss-reactive ketones (excluding diaryl/α,β-unsaturated/α-hetero) is 1. The first kappa shape index (κ1) is 15.2. The van der Waals surface area contributed by atoms with Crippen LogP contribution in [0.1, 0.15) is 31.7 Å². The molecule has 0 amide bonds. The predicted octanol–water partition coefficient (Wildman–Crippen LogP) is 2.00. The molecule has 1 aliphatic rings. The molecule has 1 atom stereocenters. The van der Waals surface area contributed by atoms with Crippen molar-refractivity contribution in [1.82, 2.24) is 4.31 Å². The molecule has 2 rings (SSSR count). The van der Waals surface area contributed by atoms with Crippen molar-refractivity contribution >= 4 is 15.8 Å². The lowest BCUT2D eigenvalue weighted by molar-refractivity contribution is -0.117. The van der Waals surface area contributed by atoms with Crippen molar-refractivity contribution in [3.05, 3.63) is 35.9 Å². The molecular formula is C15H21NO3S. The molecule has 0 spiro atoms. The van der Waals surface area contributed by atoms with E-state index in [4.69, 9.17) is 0 Å². The van der Waals surface area contributed by atoms with Gasteiger partial charge in [-0.15, -0.1) is 0 Å². The van der Waals surface area contributed by atoms with E-state index in [0.29, 0.717) is 19.4 Å². The summed E-state index contributed by atoms with van der Waals surface area (Å²) in [4.78, 5) is 11.2. The fraction of sp³-hybridized carbons (Fsp3) is 0.533. The van der Waals surface area contributed by atoms with Gasteiger partial charge in [-0.25, -0.2) is 8.42 Å². The third kappa shape index (κ3) is 3.90. The number of carbonyl (C=O) groups is 1. The van der Waals surface area contributed by atoms with Crippen LogP contribution < -0.4 is 0 Å². The largest absolute Gasteiger partial charge is 0.300 e. The number of sulfonamides is 1. The standard InChI is InChI=1S/C15H21NO3S/c1-13(17)12-15-8-5-10-16(15)20(18,19)11-9-14-6-3-2-4-7-14/h2-4,6-7,15H,5,8-12H2,1H3. The highest BCUT2D eigenvalue weighted by molar-refractivity contribution is 7.89. The topological polar surface area (TPSA) is 54.5 Å². The Kier molecular flexibility index (Phi) is 4.94. The summed E-state index contributed by atoms with van der Waals surface area (Å²) in [5.41, 5.74) is 1.03. The Hall–Kier alpha value is -1.20. The van der Waals surface area contributed by atoms with Gasteiger partial charge in [-0.1, -0.05) is 30.3 Å². The van der Waals surface area contributed by atoms with Crippen molar-refractivity contribution in [1.29, 1.82) is 0 Å². The molecule has 0 aromatic heterocycles. The van der Waals surface area contributed by atoms with Gasteiger partial charge >= 0.3 is 0 Å². The van der Waals surface area contributed by atoms with Crippen molar-refractivity contribution < 1.29 is 13.2 Å². The Morgan fingerprint density at radius 2 is 2.00 bits per heavy atom. The molecule has 1 aromatic rings. The highest BCUT2D eigenvalue weighted by atomic mass is 32.2. The first-order valence-electron chi connectivity index (χ1n) is 7.02. The van der Waals surface area contributed by atoms with Crippen molar-refractivity contribution in [2.24, 2.45) is 0 Å². The van der Waals surface area contributed by atoms with Crippen LogP contribution in [0.2, 0.25) is 0 Å². The Labute approximate surface area is 120 Å². The number of rotatable bonds is 6. The van der Waals surface area contributed by atoms with Gasteiger partial charge in [0.25, 0.3) is 0 Å². The van der Waals surface area contributed by atoms with Crippen LogP contribution in [0.3, 0.4) is 0 Å². The van der Waals surface area contributed by atoms with Crippen molar-refractivity contribution in [2.45, 2.75) is 38.6 Å². The normalized spacial score (nSPS) is 20.1. The molecule has 1 aliphatic heterocycles. The lowest BCUT2D eigenvalue weighted by Crippen LogP contribution is -2.38. The number of carbonyl (C=O) groups excluding carboxylic acids is 1. The van der Waals surface area contributed by atoms with E-state index >= 15 is 0 Å². The van der Waals surface area contributed by atoms with Crippen LogP contribution in [0.5, 0.6) is 0 Å². The summed E-state index contributed by atoms with van der Waals surface area (Å²) >= 11 is 0. The fourth-order valence-electron chi connectivity index (χ4n) is 2.72. The van der Waals surface area contributed by atoms with Gasteiger partial charge in [-0.05, 0) is 31.7 Å². The minimum absolute atomic E-state index is 0.0557. The molecular weight excluding hydrogens is 274 g/mol. The van der Waals surface area contributed by atoms with Crippen molar-refractivity contribution in [2.75, 3.05) is 12.3 Å². The zero-order chi connectivity index (χ0) is 14.6. The predicted molar refractivity (Wildman–Crippen MR) is 79.0 cm³/mol. The van der Waals surface area contributed by atoms with E-state index in [1.54, 1.807) is 0 Å². The number of nitrogens with zero attached hydrogens (tertiary/aromatic N) is 1. The molecule has 0 aliphatic carbocycles. The van der Waals surface area contributed by atoms with Gasteiger partial charge in [0.15, 0.2) is 0 Å². The number of hydrogen-bond donors (Lipinski definition) is 0. The lowest BCUT2D eigenvalue weighted by Gasteiger charge is -2.23. The first-order valence-corrected chi connectivity index (χ1v) is 8.63. The van der Waals surface area contributed by atoms with Gasteiger partial charge in [0.1, 0.15) is 5.78 Å². The van der Waals surface area contributed by atoms with Gasteiger partial charge in [0, 0.05) is 19.0 Å². The van der Waals surface area contributed by atoms with Crippen LogP contribution in [0.25, 0.3) is 0 Å². The third-order valence-corrected chi connectivity index (χ3v) is 5.61. The highest BCUT2D eigenvalue weighted by Crippen LogP contribution is 2.24. The van der Waals surface area contributed by atoms with Gasteiger partial charge in [0.2, 0.25) is 10.0 Å². The van der Waals surface area contributed by atoms with Gasteiger partial charge in [-0.3, -0.25) is 4.79 Å². The third-order valence-electron chi connectivity index (χ3n) is 3.70. The van der Waals surface area contributed by atoms with E-state index in [0.717, 1.165) is 18.4 Å². The average Bonchev–Trinajstić information content (AvgIpc) is 2.86. The second-order valence-corrected chi connectivity index (χ2v) is 7.41. The molecule has 1 aromatic carbocycles. The molecule has 1 unspecified atom stereocenters. The quantitative estimate of drug-likeness (QED) is 0.806. The summed E-state index contributed by atoms with van der Waals surface area (Å²) in [7, 11) is -3.27. The minimum atomic E-state index is -3.27. The Bertz CT molecular complexity index is 554. The Balaban J connectivity index is 2.00. The molecule has 1 saturated heterocycles. The maximum Gasteiger partial charge on any atom is 0.214 e. The zero-order valence-electron chi connectivity index (χ0n) is 11.8. The van der Waals surface area contributed by atoms with Gasteiger partial charge in [-0.2, -0.15) is 4.31 Å². The summed E-state index contributed by atoms with van der Waals surface area (Å²) in [6.07, 6.45) is 2.50. The van der Waals surface area contributed by atoms with Gasteiger partial charge in [0.05, 0.1) is 5.75 Å². The number of aryl methyl sites for hydroxylation is 1. The summed E-state index contributed by atoms with van der Waals surface area (Å²) in [5.74, 6) is 0.172.